The number of anilines is 1. The van der Waals surface area contributed by atoms with Gasteiger partial charge in [-0.2, -0.15) is 0 Å². The highest BCUT2D eigenvalue weighted by molar-refractivity contribution is 7.89. The lowest BCUT2D eigenvalue weighted by atomic mass is 10.2. The highest BCUT2D eigenvalue weighted by atomic mass is 32.2. The number of nitrogens with two attached hydrogens (primary N) is 1. The van der Waals surface area contributed by atoms with Crippen LogP contribution in [0.4, 0.5) is 5.69 Å². The number of rotatable bonds is 10. The van der Waals surface area contributed by atoms with Gasteiger partial charge in [-0.15, -0.1) is 0 Å². The third-order valence-corrected chi connectivity index (χ3v) is 4.48. The average Bonchev–Trinajstić information content (AvgIpc) is 2.46. The Kier molecular flexibility index (Phi) is 7.66. The van der Waals surface area contributed by atoms with E-state index in [4.69, 9.17) is 10.5 Å². The molecule has 21 heavy (non-hydrogen) atoms. The molecule has 1 aromatic rings. The lowest BCUT2D eigenvalue weighted by Crippen LogP contribution is -2.30. The second-order valence-corrected chi connectivity index (χ2v) is 6.50. The summed E-state index contributed by atoms with van der Waals surface area (Å²) in [6, 6.07) is 6.82. The highest BCUT2D eigenvalue weighted by Crippen LogP contribution is 2.22. The molecule has 0 amide bonds. The van der Waals surface area contributed by atoms with E-state index in [1.54, 1.807) is 31.4 Å². The van der Waals surface area contributed by atoms with Crippen LogP contribution in [0.15, 0.2) is 29.2 Å². The average molecular weight is 315 g/mol. The van der Waals surface area contributed by atoms with E-state index in [0.29, 0.717) is 31.8 Å². The minimum Gasteiger partial charge on any atom is -0.383 e. The number of hydrogen-bond acceptors (Lipinski definition) is 5. The van der Waals surface area contributed by atoms with Crippen molar-refractivity contribution in [1.29, 1.82) is 0 Å². The summed E-state index contributed by atoms with van der Waals surface area (Å²) in [5.41, 5.74) is 6.14. The van der Waals surface area contributed by atoms with Crippen LogP contribution in [0.2, 0.25) is 0 Å². The van der Waals surface area contributed by atoms with Gasteiger partial charge in [-0.3, -0.25) is 0 Å². The molecular weight excluding hydrogens is 290 g/mol. The van der Waals surface area contributed by atoms with Crippen molar-refractivity contribution in [3.8, 4) is 0 Å². The molecule has 4 N–H and O–H groups in total. The molecule has 0 aliphatic carbocycles. The van der Waals surface area contributed by atoms with E-state index in [2.05, 4.69) is 10.0 Å². The molecule has 0 radical (unpaired) electrons. The first-order chi connectivity index (χ1) is 10.0. The molecule has 0 aliphatic rings. The fourth-order valence-electron chi connectivity index (χ4n) is 1.95. The van der Waals surface area contributed by atoms with Crippen LogP contribution in [0.3, 0.4) is 0 Å². The Morgan fingerprint density at radius 1 is 1.33 bits per heavy atom. The molecule has 7 heteroatoms. The Labute approximate surface area is 127 Å². The van der Waals surface area contributed by atoms with E-state index >= 15 is 0 Å². The second-order valence-electron chi connectivity index (χ2n) is 4.77. The number of methoxy groups -OCH3 is 1. The Morgan fingerprint density at radius 3 is 2.67 bits per heavy atom. The van der Waals surface area contributed by atoms with Gasteiger partial charge in [0.1, 0.15) is 4.90 Å². The number of para-hydroxylation sites is 1. The lowest BCUT2D eigenvalue weighted by molar-refractivity contribution is 0.183. The zero-order valence-corrected chi connectivity index (χ0v) is 13.4. The maximum Gasteiger partial charge on any atom is 0.242 e. The van der Waals surface area contributed by atoms with Crippen LogP contribution in [0, 0.1) is 0 Å². The fraction of sp³-hybridized carbons (Fsp3) is 0.571. The molecule has 0 bridgehead atoms. The highest BCUT2D eigenvalue weighted by Gasteiger charge is 2.19. The lowest BCUT2D eigenvalue weighted by Gasteiger charge is -2.20. The minimum atomic E-state index is -3.51. The monoisotopic (exact) mass is 315 g/mol. The van der Waals surface area contributed by atoms with E-state index in [1.165, 1.54) is 0 Å². The molecule has 1 atom stereocenters. The predicted molar refractivity (Wildman–Crippen MR) is 84.9 cm³/mol. The first kappa shape index (κ1) is 17.9. The molecule has 0 saturated carbocycles. The van der Waals surface area contributed by atoms with Crippen molar-refractivity contribution in [3.05, 3.63) is 24.3 Å². The molecule has 1 unspecified atom stereocenters. The van der Waals surface area contributed by atoms with Gasteiger partial charge in [0, 0.05) is 13.7 Å². The number of sulfonamides is 1. The first-order valence-electron chi connectivity index (χ1n) is 7.09. The van der Waals surface area contributed by atoms with Crippen LogP contribution in [0.25, 0.3) is 0 Å². The smallest absolute Gasteiger partial charge is 0.242 e. The summed E-state index contributed by atoms with van der Waals surface area (Å²) in [5, 5.41) is 3.21. The first-order valence-corrected chi connectivity index (χ1v) is 8.57. The Bertz CT molecular complexity index is 514. The molecule has 0 spiro atoms. The Hall–Kier alpha value is -1.15. The summed E-state index contributed by atoms with van der Waals surface area (Å²) >= 11 is 0. The third kappa shape index (κ3) is 5.62. The normalized spacial score (nSPS) is 13.1. The molecule has 0 aliphatic heterocycles. The standard InChI is InChI=1S/C14H25N3O3S/c1-3-10-16-21(18,19)14-7-5-4-6-13(14)17-12(8-9-15)11-20-2/h4-7,12,16-17H,3,8-11,15H2,1-2H3. The largest absolute Gasteiger partial charge is 0.383 e. The summed E-state index contributed by atoms with van der Waals surface area (Å²) in [4.78, 5) is 0.247. The summed E-state index contributed by atoms with van der Waals surface area (Å²) in [5.74, 6) is 0. The SMILES string of the molecule is CCCNS(=O)(=O)c1ccccc1NC(CCN)COC. The summed E-state index contributed by atoms with van der Waals surface area (Å²) in [7, 11) is -1.91. The van der Waals surface area contributed by atoms with Crippen LogP contribution in [0.5, 0.6) is 0 Å². The molecule has 0 saturated heterocycles. The van der Waals surface area contributed by atoms with Crippen molar-refractivity contribution in [3.63, 3.8) is 0 Å². The second kappa shape index (κ2) is 8.99. The molecule has 120 valence electrons. The molecule has 0 fully saturated rings. The van der Waals surface area contributed by atoms with E-state index in [9.17, 15) is 8.42 Å². The van der Waals surface area contributed by atoms with Crippen LogP contribution >= 0.6 is 0 Å². The summed E-state index contributed by atoms with van der Waals surface area (Å²) in [6.45, 7) is 3.31. The van der Waals surface area contributed by atoms with E-state index in [1.807, 2.05) is 6.92 Å². The van der Waals surface area contributed by atoms with Gasteiger partial charge in [-0.25, -0.2) is 13.1 Å². The minimum absolute atomic E-state index is 0.0254. The van der Waals surface area contributed by atoms with Crippen LogP contribution in [0.1, 0.15) is 19.8 Å². The molecule has 0 aromatic heterocycles. The van der Waals surface area contributed by atoms with Gasteiger partial charge in [-0.05, 0) is 31.5 Å². The summed E-state index contributed by atoms with van der Waals surface area (Å²) in [6.07, 6.45) is 1.44. The van der Waals surface area contributed by atoms with Gasteiger partial charge in [0.05, 0.1) is 18.3 Å². The Morgan fingerprint density at radius 2 is 2.05 bits per heavy atom. The third-order valence-electron chi connectivity index (χ3n) is 2.96. The number of benzene rings is 1. The quantitative estimate of drug-likeness (QED) is 0.602. The van der Waals surface area contributed by atoms with Gasteiger partial charge in [0.2, 0.25) is 10.0 Å². The summed E-state index contributed by atoms with van der Waals surface area (Å²) < 4.78 is 32.3. The molecule has 6 nitrogen and oxygen atoms in total. The number of ether oxygens (including phenoxy) is 1. The molecule has 1 aromatic carbocycles. The van der Waals surface area contributed by atoms with E-state index < -0.39 is 10.0 Å². The van der Waals surface area contributed by atoms with E-state index in [0.717, 1.165) is 6.42 Å². The van der Waals surface area contributed by atoms with Crippen molar-refractivity contribution in [2.45, 2.75) is 30.7 Å². The number of nitrogens with one attached hydrogen (secondary N) is 2. The van der Waals surface area contributed by atoms with Crippen molar-refractivity contribution in [1.82, 2.24) is 4.72 Å². The zero-order valence-electron chi connectivity index (χ0n) is 12.6. The maximum atomic E-state index is 12.3. The van der Waals surface area contributed by atoms with Crippen molar-refractivity contribution < 1.29 is 13.2 Å². The zero-order chi connectivity index (χ0) is 15.7. The molecule has 1 rings (SSSR count). The topological polar surface area (TPSA) is 93.5 Å². The van der Waals surface area contributed by atoms with Gasteiger partial charge >= 0.3 is 0 Å². The van der Waals surface area contributed by atoms with Gasteiger partial charge in [0.25, 0.3) is 0 Å². The van der Waals surface area contributed by atoms with Crippen molar-refractivity contribution in [2.75, 3.05) is 32.1 Å². The van der Waals surface area contributed by atoms with Gasteiger partial charge < -0.3 is 15.8 Å². The molecular formula is C14H25N3O3S. The maximum absolute atomic E-state index is 12.3. The number of hydrogen-bond donors (Lipinski definition) is 3. The van der Waals surface area contributed by atoms with E-state index in [-0.39, 0.29) is 10.9 Å². The van der Waals surface area contributed by atoms with Gasteiger partial charge in [-0.1, -0.05) is 19.1 Å². The van der Waals surface area contributed by atoms with Crippen LogP contribution < -0.4 is 15.8 Å². The van der Waals surface area contributed by atoms with Crippen LogP contribution in [-0.2, 0) is 14.8 Å². The van der Waals surface area contributed by atoms with Crippen LogP contribution in [-0.4, -0.2) is 41.3 Å². The van der Waals surface area contributed by atoms with Crippen molar-refractivity contribution >= 4 is 15.7 Å². The van der Waals surface area contributed by atoms with Gasteiger partial charge in [0.15, 0.2) is 0 Å². The Balaban J connectivity index is 2.97. The fourth-order valence-corrected chi connectivity index (χ4v) is 3.26. The molecule has 0 heterocycles. The predicted octanol–water partition coefficient (Wildman–Crippen LogP) is 1.15. The van der Waals surface area contributed by atoms with Crippen molar-refractivity contribution in [2.24, 2.45) is 5.73 Å².